The Kier molecular flexibility index (Phi) is 6.77. The first-order valence-electron chi connectivity index (χ1n) is 6.50. The van der Waals surface area contributed by atoms with Gasteiger partial charge in [-0.25, -0.2) is 8.42 Å². The molecule has 20 heavy (non-hydrogen) atoms. The molecule has 0 aliphatic rings. The molecule has 0 saturated carbocycles. The molecule has 0 aliphatic carbocycles. The van der Waals surface area contributed by atoms with Crippen LogP contribution < -0.4 is 14.8 Å². The summed E-state index contributed by atoms with van der Waals surface area (Å²) in [5, 5.41) is 12.8. The maximum absolute atomic E-state index is 11.0. The van der Waals surface area contributed by atoms with Crippen molar-refractivity contribution in [1.82, 2.24) is 5.32 Å². The first kappa shape index (κ1) is 16.7. The zero-order valence-corrected chi connectivity index (χ0v) is 12.6. The molecule has 0 fully saturated rings. The van der Waals surface area contributed by atoms with E-state index in [0.717, 1.165) is 19.2 Å². The SMILES string of the molecule is CCCNCC(O)COc1ccc(NS(C)(=O)=O)cc1. The zero-order chi connectivity index (χ0) is 15.0. The molecule has 1 aromatic rings. The van der Waals surface area contributed by atoms with Gasteiger partial charge in [-0.15, -0.1) is 0 Å². The Morgan fingerprint density at radius 1 is 1.30 bits per heavy atom. The molecule has 1 atom stereocenters. The van der Waals surface area contributed by atoms with E-state index in [2.05, 4.69) is 17.0 Å². The van der Waals surface area contributed by atoms with E-state index in [9.17, 15) is 13.5 Å². The van der Waals surface area contributed by atoms with E-state index in [-0.39, 0.29) is 6.61 Å². The minimum atomic E-state index is -3.27. The summed E-state index contributed by atoms with van der Waals surface area (Å²) in [5.41, 5.74) is 0.477. The predicted molar refractivity (Wildman–Crippen MR) is 79.6 cm³/mol. The monoisotopic (exact) mass is 302 g/mol. The van der Waals surface area contributed by atoms with E-state index in [0.29, 0.717) is 18.0 Å². The quantitative estimate of drug-likeness (QED) is 0.587. The van der Waals surface area contributed by atoms with Crippen molar-refractivity contribution in [3.05, 3.63) is 24.3 Å². The Balaban J connectivity index is 2.38. The maximum atomic E-state index is 11.0. The van der Waals surface area contributed by atoms with Crippen LogP contribution in [-0.4, -0.2) is 45.6 Å². The van der Waals surface area contributed by atoms with Crippen molar-refractivity contribution in [2.24, 2.45) is 0 Å². The molecule has 0 saturated heterocycles. The molecule has 1 aromatic carbocycles. The molecule has 1 rings (SSSR count). The van der Waals surface area contributed by atoms with Crippen LogP contribution in [0.2, 0.25) is 0 Å². The van der Waals surface area contributed by atoms with Crippen LogP contribution in [0.1, 0.15) is 13.3 Å². The third kappa shape index (κ3) is 7.32. The number of hydrogen-bond acceptors (Lipinski definition) is 5. The summed E-state index contributed by atoms with van der Waals surface area (Å²) >= 11 is 0. The van der Waals surface area contributed by atoms with Crippen LogP contribution in [0, 0.1) is 0 Å². The highest BCUT2D eigenvalue weighted by Gasteiger charge is 2.05. The van der Waals surface area contributed by atoms with Gasteiger partial charge in [-0.05, 0) is 37.2 Å². The summed E-state index contributed by atoms with van der Waals surface area (Å²) in [6, 6.07) is 6.52. The number of anilines is 1. The van der Waals surface area contributed by atoms with Crippen molar-refractivity contribution in [3.8, 4) is 5.75 Å². The van der Waals surface area contributed by atoms with Crippen LogP contribution in [0.4, 0.5) is 5.69 Å². The normalized spacial score (nSPS) is 12.9. The lowest BCUT2D eigenvalue weighted by Crippen LogP contribution is -2.31. The molecule has 0 heterocycles. The molecular formula is C13H22N2O4S. The summed E-state index contributed by atoms with van der Waals surface area (Å²) in [5.74, 6) is 0.582. The van der Waals surface area contributed by atoms with Gasteiger partial charge in [0.05, 0.1) is 6.26 Å². The van der Waals surface area contributed by atoms with E-state index in [1.54, 1.807) is 24.3 Å². The van der Waals surface area contributed by atoms with Gasteiger partial charge in [0.15, 0.2) is 0 Å². The summed E-state index contributed by atoms with van der Waals surface area (Å²) in [6.45, 7) is 3.60. The number of rotatable bonds is 9. The first-order valence-corrected chi connectivity index (χ1v) is 8.39. The Labute approximate surface area is 120 Å². The van der Waals surface area contributed by atoms with Crippen LogP contribution >= 0.6 is 0 Å². The molecule has 114 valence electrons. The van der Waals surface area contributed by atoms with Crippen LogP contribution in [-0.2, 0) is 10.0 Å². The van der Waals surface area contributed by atoms with E-state index < -0.39 is 16.1 Å². The van der Waals surface area contributed by atoms with Crippen molar-refractivity contribution in [3.63, 3.8) is 0 Å². The lowest BCUT2D eigenvalue weighted by atomic mass is 10.3. The molecule has 0 spiro atoms. The number of benzene rings is 1. The van der Waals surface area contributed by atoms with Gasteiger partial charge in [-0.2, -0.15) is 0 Å². The van der Waals surface area contributed by atoms with Gasteiger partial charge in [0.1, 0.15) is 18.5 Å². The second-order valence-electron chi connectivity index (χ2n) is 4.57. The van der Waals surface area contributed by atoms with E-state index >= 15 is 0 Å². The number of hydrogen-bond donors (Lipinski definition) is 3. The highest BCUT2D eigenvalue weighted by atomic mass is 32.2. The molecule has 0 bridgehead atoms. The Hall–Kier alpha value is -1.31. The average Bonchev–Trinajstić information content (AvgIpc) is 2.36. The van der Waals surface area contributed by atoms with Gasteiger partial charge in [0.25, 0.3) is 0 Å². The average molecular weight is 302 g/mol. The van der Waals surface area contributed by atoms with Crippen LogP contribution in [0.25, 0.3) is 0 Å². The first-order chi connectivity index (χ1) is 9.40. The fraction of sp³-hybridized carbons (Fsp3) is 0.538. The number of aliphatic hydroxyl groups excluding tert-OH is 1. The van der Waals surface area contributed by atoms with Gasteiger partial charge in [0, 0.05) is 12.2 Å². The lowest BCUT2D eigenvalue weighted by molar-refractivity contribution is 0.106. The number of ether oxygens (including phenoxy) is 1. The number of sulfonamides is 1. The van der Waals surface area contributed by atoms with Crippen LogP contribution in [0.15, 0.2) is 24.3 Å². The predicted octanol–water partition coefficient (Wildman–Crippen LogP) is 0.797. The van der Waals surface area contributed by atoms with E-state index in [1.807, 2.05) is 0 Å². The molecule has 6 nitrogen and oxygen atoms in total. The molecule has 0 aromatic heterocycles. The summed E-state index contributed by atoms with van der Waals surface area (Å²) in [7, 11) is -3.27. The van der Waals surface area contributed by atoms with E-state index in [1.165, 1.54) is 0 Å². The third-order valence-corrected chi connectivity index (χ3v) is 3.01. The molecule has 3 N–H and O–H groups in total. The van der Waals surface area contributed by atoms with Crippen molar-refractivity contribution >= 4 is 15.7 Å². The maximum Gasteiger partial charge on any atom is 0.229 e. The molecular weight excluding hydrogens is 280 g/mol. The van der Waals surface area contributed by atoms with E-state index in [4.69, 9.17) is 4.74 Å². The van der Waals surface area contributed by atoms with Gasteiger partial charge in [0.2, 0.25) is 10.0 Å². The second-order valence-corrected chi connectivity index (χ2v) is 6.32. The standard InChI is InChI=1S/C13H22N2O4S/c1-3-8-14-9-12(16)10-19-13-6-4-11(5-7-13)15-20(2,17)18/h4-7,12,14-16H,3,8-10H2,1-2H3. The summed E-state index contributed by atoms with van der Waals surface area (Å²) in [6.07, 6.45) is 1.54. The molecule has 0 aliphatic heterocycles. The highest BCUT2D eigenvalue weighted by Crippen LogP contribution is 2.16. The molecule has 0 radical (unpaired) electrons. The highest BCUT2D eigenvalue weighted by molar-refractivity contribution is 7.92. The molecule has 0 amide bonds. The fourth-order valence-corrected chi connectivity index (χ4v) is 2.09. The van der Waals surface area contributed by atoms with Gasteiger partial charge >= 0.3 is 0 Å². The summed E-state index contributed by atoms with van der Waals surface area (Å²) in [4.78, 5) is 0. The van der Waals surface area contributed by atoms with Crippen molar-refractivity contribution in [2.75, 3.05) is 30.7 Å². The topological polar surface area (TPSA) is 87.7 Å². The minimum absolute atomic E-state index is 0.190. The second kappa shape index (κ2) is 8.08. The lowest BCUT2D eigenvalue weighted by Gasteiger charge is -2.13. The van der Waals surface area contributed by atoms with Crippen molar-refractivity contribution in [1.29, 1.82) is 0 Å². The largest absolute Gasteiger partial charge is 0.491 e. The Morgan fingerprint density at radius 2 is 1.95 bits per heavy atom. The number of nitrogens with one attached hydrogen (secondary N) is 2. The van der Waals surface area contributed by atoms with Gasteiger partial charge < -0.3 is 15.2 Å². The molecule has 7 heteroatoms. The minimum Gasteiger partial charge on any atom is -0.491 e. The van der Waals surface area contributed by atoms with Crippen LogP contribution in [0.5, 0.6) is 5.75 Å². The molecule has 1 unspecified atom stereocenters. The fourth-order valence-electron chi connectivity index (χ4n) is 1.53. The Bertz CT molecular complexity index is 488. The smallest absolute Gasteiger partial charge is 0.229 e. The third-order valence-electron chi connectivity index (χ3n) is 2.41. The van der Waals surface area contributed by atoms with Crippen molar-refractivity contribution < 1.29 is 18.3 Å². The Morgan fingerprint density at radius 3 is 2.50 bits per heavy atom. The van der Waals surface area contributed by atoms with Gasteiger partial charge in [-0.3, -0.25) is 4.72 Å². The van der Waals surface area contributed by atoms with Crippen LogP contribution in [0.3, 0.4) is 0 Å². The number of aliphatic hydroxyl groups is 1. The summed E-state index contributed by atoms with van der Waals surface area (Å²) < 4.78 is 29.9. The van der Waals surface area contributed by atoms with Gasteiger partial charge in [-0.1, -0.05) is 6.92 Å². The zero-order valence-electron chi connectivity index (χ0n) is 11.8. The van der Waals surface area contributed by atoms with Crippen molar-refractivity contribution in [2.45, 2.75) is 19.4 Å².